The molecule has 0 aliphatic heterocycles. The van der Waals surface area contributed by atoms with Gasteiger partial charge in [-0.2, -0.15) is 5.26 Å². The minimum Gasteiger partial charge on any atom is -0.349 e. The SMILES string of the molecule is CC(NC(=O)CSc1nc(-c2ccccc2)c(C#N)c(=O)[nH]1)c1ccc2ccccc2c1. The van der Waals surface area contributed by atoms with Crippen LogP contribution in [0.4, 0.5) is 0 Å². The number of aromatic nitrogens is 2. The van der Waals surface area contributed by atoms with Crippen LogP contribution in [0.15, 0.2) is 82.7 Å². The number of thioether (sulfide) groups is 1. The summed E-state index contributed by atoms with van der Waals surface area (Å²) in [6.07, 6.45) is 0. The van der Waals surface area contributed by atoms with Gasteiger partial charge in [-0.15, -0.1) is 0 Å². The zero-order valence-electron chi connectivity index (χ0n) is 17.3. The molecule has 1 aromatic heterocycles. The van der Waals surface area contributed by atoms with E-state index in [1.54, 1.807) is 12.1 Å². The van der Waals surface area contributed by atoms with Crippen LogP contribution in [0.2, 0.25) is 0 Å². The van der Waals surface area contributed by atoms with Crippen LogP contribution in [-0.2, 0) is 4.79 Å². The highest BCUT2D eigenvalue weighted by molar-refractivity contribution is 7.99. The van der Waals surface area contributed by atoms with Gasteiger partial charge < -0.3 is 10.3 Å². The maximum Gasteiger partial charge on any atom is 0.270 e. The Bertz CT molecular complexity index is 1380. The first kappa shape index (κ1) is 21.3. The number of aromatic amines is 1. The van der Waals surface area contributed by atoms with E-state index in [9.17, 15) is 14.9 Å². The maximum absolute atomic E-state index is 12.5. The summed E-state index contributed by atoms with van der Waals surface area (Å²) >= 11 is 1.12. The molecule has 0 saturated heterocycles. The molecule has 1 unspecified atom stereocenters. The number of benzene rings is 3. The first-order chi connectivity index (χ1) is 15.5. The van der Waals surface area contributed by atoms with Gasteiger partial charge in [-0.05, 0) is 29.3 Å². The van der Waals surface area contributed by atoms with Gasteiger partial charge in [-0.1, -0.05) is 78.5 Å². The van der Waals surface area contributed by atoms with Crippen LogP contribution in [0.3, 0.4) is 0 Å². The minimum absolute atomic E-state index is 0.0464. The minimum atomic E-state index is -0.520. The molecule has 0 saturated carbocycles. The van der Waals surface area contributed by atoms with Gasteiger partial charge in [0.2, 0.25) is 5.91 Å². The second-order valence-electron chi connectivity index (χ2n) is 7.26. The van der Waals surface area contributed by atoms with Crippen LogP contribution >= 0.6 is 11.8 Å². The Kier molecular flexibility index (Phi) is 6.34. The number of H-pyrrole nitrogens is 1. The molecule has 6 nitrogen and oxygen atoms in total. The highest BCUT2D eigenvalue weighted by Crippen LogP contribution is 2.23. The Morgan fingerprint density at radius 3 is 2.56 bits per heavy atom. The Morgan fingerprint density at radius 1 is 1.09 bits per heavy atom. The van der Waals surface area contributed by atoms with Crippen molar-refractivity contribution in [2.45, 2.75) is 18.1 Å². The largest absolute Gasteiger partial charge is 0.349 e. The summed E-state index contributed by atoms with van der Waals surface area (Å²) in [5.74, 6) is -0.0926. The van der Waals surface area contributed by atoms with Gasteiger partial charge in [-0.3, -0.25) is 9.59 Å². The van der Waals surface area contributed by atoms with E-state index < -0.39 is 5.56 Å². The molecule has 0 radical (unpaired) electrons. The van der Waals surface area contributed by atoms with Gasteiger partial charge in [0.05, 0.1) is 17.5 Å². The average molecular weight is 441 g/mol. The predicted octanol–water partition coefficient (Wildman–Crippen LogP) is 4.43. The molecular weight excluding hydrogens is 420 g/mol. The highest BCUT2D eigenvalue weighted by atomic mass is 32.2. The number of carbonyl (C=O) groups excluding carboxylic acids is 1. The van der Waals surface area contributed by atoms with Crippen LogP contribution in [0.5, 0.6) is 0 Å². The first-order valence-corrected chi connectivity index (χ1v) is 11.0. The van der Waals surface area contributed by atoms with E-state index in [4.69, 9.17) is 0 Å². The standard InChI is InChI=1S/C25H20N4O2S/c1-16(19-12-11-17-7-5-6-10-20(17)13-19)27-22(30)15-32-25-28-23(18-8-3-2-4-9-18)21(14-26)24(31)29-25/h2-13,16H,15H2,1H3,(H,27,30)(H,28,29,31). The Balaban J connectivity index is 1.46. The first-order valence-electron chi connectivity index (χ1n) is 10.1. The molecule has 4 aromatic rings. The third-order valence-electron chi connectivity index (χ3n) is 5.05. The number of fused-ring (bicyclic) bond motifs is 1. The molecule has 4 rings (SSSR count). The number of nitrogens with zero attached hydrogens (tertiary/aromatic N) is 2. The fourth-order valence-corrected chi connectivity index (χ4v) is 4.08. The van der Waals surface area contributed by atoms with Crippen LogP contribution < -0.4 is 10.9 Å². The molecule has 0 fully saturated rings. The van der Waals surface area contributed by atoms with Gasteiger partial charge in [-0.25, -0.2) is 4.98 Å². The van der Waals surface area contributed by atoms with Crippen molar-refractivity contribution in [3.05, 3.63) is 94.3 Å². The lowest BCUT2D eigenvalue weighted by Gasteiger charge is -2.15. The van der Waals surface area contributed by atoms with E-state index in [-0.39, 0.29) is 23.3 Å². The fourth-order valence-electron chi connectivity index (χ4n) is 3.41. The molecule has 0 bridgehead atoms. The van der Waals surface area contributed by atoms with Crippen LogP contribution in [-0.4, -0.2) is 21.6 Å². The zero-order valence-corrected chi connectivity index (χ0v) is 18.1. The van der Waals surface area contributed by atoms with Crippen molar-refractivity contribution in [2.24, 2.45) is 0 Å². The van der Waals surface area contributed by atoms with Crippen molar-refractivity contribution in [1.29, 1.82) is 5.26 Å². The van der Waals surface area contributed by atoms with E-state index in [2.05, 4.69) is 21.4 Å². The van der Waals surface area contributed by atoms with Crippen molar-refractivity contribution in [2.75, 3.05) is 5.75 Å². The third kappa shape index (κ3) is 4.71. The number of rotatable bonds is 6. The molecule has 2 N–H and O–H groups in total. The number of nitriles is 1. The number of amides is 1. The predicted molar refractivity (Wildman–Crippen MR) is 126 cm³/mol. The van der Waals surface area contributed by atoms with E-state index in [0.717, 1.165) is 28.1 Å². The van der Waals surface area contributed by atoms with E-state index in [1.807, 2.05) is 67.6 Å². The summed E-state index contributed by atoms with van der Waals surface area (Å²) in [5, 5.41) is 14.9. The third-order valence-corrected chi connectivity index (χ3v) is 5.92. The zero-order chi connectivity index (χ0) is 22.5. The second-order valence-corrected chi connectivity index (χ2v) is 8.22. The molecule has 1 atom stereocenters. The molecule has 158 valence electrons. The number of hydrogen-bond acceptors (Lipinski definition) is 5. The average Bonchev–Trinajstić information content (AvgIpc) is 2.82. The monoisotopic (exact) mass is 440 g/mol. The van der Waals surface area contributed by atoms with E-state index in [0.29, 0.717) is 16.4 Å². The van der Waals surface area contributed by atoms with Crippen LogP contribution in [0.25, 0.3) is 22.0 Å². The molecule has 0 aliphatic rings. The summed E-state index contributed by atoms with van der Waals surface area (Å²) in [5.41, 5.74) is 1.43. The van der Waals surface area contributed by atoms with Crippen LogP contribution in [0.1, 0.15) is 24.1 Å². The summed E-state index contributed by atoms with van der Waals surface area (Å²) in [6.45, 7) is 1.93. The molecule has 32 heavy (non-hydrogen) atoms. The smallest absolute Gasteiger partial charge is 0.270 e. The molecule has 1 amide bonds. The lowest BCUT2D eigenvalue weighted by atomic mass is 10.0. The Labute approximate surface area is 189 Å². The molecule has 1 heterocycles. The summed E-state index contributed by atoms with van der Waals surface area (Å²) in [7, 11) is 0. The lowest BCUT2D eigenvalue weighted by Crippen LogP contribution is -2.28. The number of nitrogens with one attached hydrogen (secondary N) is 2. The molecular formula is C25H20N4O2S. The summed E-state index contributed by atoms with van der Waals surface area (Å²) < 4.78 is 0. The normalized spacial score (nSPS) is 11.6. The second kappa shape index (κ2) is 9.50. The van der Waals surface area contributed by atoms with E-state index in [1.165, 1.54) is 0 Å². The van der Waals surface area contributed by atoms with Gasteiger partial charge in [0.1, 0.15) is 11.6 Å². The van der Waals surface area contributed by atoms with Gasteiger partial charge >= 0.3 is 0 Å². The number of carbonyl (C=O) groups is 1. The van der Waals surface area contributed by atoms with E-state index >= 15 is 0 Å². The highest BCUT2D eigenvalue weighted by Gasteiger charge is 2.15. The van der Waals surface area contributed by atoms with Crippen molar-refractivity contribution in [3.63, 3.8) is 0 Å². The van der Waals surface area contributed by atoms with Crippen molar-refractivity contribution in [3.8, 4) is 17.3 Å². The Morgan fingerprint density at radius 2 is 1.81 bits per heavy atom. The molecule has 0 aliphatic carbocycles. The molecule has 7 heteroatoms. The maximum atomic E-state index is 12.5. The fraction of sp³-hybridized carbons (Fsp3) is 0.120. The van der Waals surface area contributed by atoms with Gasteiger partial charge in [0, 0.05) is 5.56 Å². The topological polar surface area (TPSA) is 98.6 Å². The molecule has 3 aromatic carbocycles. The quantitative estimate of drug-likeness (QED) is 0.341. The number of hydrogen-bond donors (Lipinski definition) is 2. The Hall–Kier alpha value is -3.89. The lowest BCUT2D eigenvalue weighted by molar-refractivity contribution is -0.119. The van der Waals surface area contributed by atoms with Crippen LogP contribution in [0, 0.1) is 11.3 Å². The summed E-state index contributed by atoms with van der Waals surface area (Å²) in [6, 6.07) is 25.0. The molecule has 0 spiro atoms. The van der Waals surface area contributed by atoms with Gasteiger partial charge in [0.15, 0.2) is 5.16 Å². The van der Waals surface area contributed by atoms with Gasteiger partial charge in [0.25, 0.3) is 5.56 Å². The van der Waals surface area contributed by atoms with Crippen molar-refractivity contribution in [1.82, 2.24) is 15.3 Å². The summed E-state index contributed by atoms with van der Waals surface area (Å²) in [4.78, 5) is 31.9. The van der Waals surface area contributed by atoms with Crippen molar-refractivity contribution >= 4 is 28.4 Å². The van der Waals surface area contributed by atoms with Crippen molar-refractivity contribution < 1.29 is 4.79 Å².